The SMILES string of the molecule is N#Cc1ccsc1NC(=O)CSc1nnnn1C1CC1. The highest BCUT2D eigenvalue weighted by molar-refractivity contribution is 7.99. The van der Waals surface area contributed by atoms with E-state index >= 15 is 0 Å². The highest BCUT2D eigenvalue weighted by Crippen LogP contribution is 2.36. The third-order valence-corrected chi connectivity index (χ3v) is 4.49. The molecule has 2 aromatic heterocycles. The highest BCUT2D eigenvalue weighted by Gasteiger charge is 2.28. The first kappa shape index (κ1) is 13.1. The van der Waals surface area contributed by atoms with Crippen LogP contribution in [0.1, 0.15) is 24.4 Å². The number of aromatic nitrogens is 4. The topological polar surface area (TPSA) is 96.5 Å². The van der Waals surface area contributed by atoms with Crippen LogP contribution in [0, 0.1) is 11.3 Å². The molecule has 9 heteroatoms. The molecule has 1 fully saturated rings. The van der Waals surface area contributed by atoms with E-state index in [1.807, 2.05) is 6.07 Å². The van der Waals surface area contributed by atoms with Crippen LogP contribution in [0.2, 0.25) is 0 Å². The van der Waals surface area contributed by atoms with Gasteiger partial charge in [-0.3, -0.25) is 4.79 Å². The lowest BCUT2D eigenvalue weighted by Gasteiger charge is -2.03. The van der Waals surface area contributed by atoms with E-state index in [1.165, 1.54) is 23.1 Å². The summed E-state index contributed by atoms with van der Waals surface area (Å²) in [4.78, 5) is 11.9. The minimum absolute atomic E-state index is 0.167. The molecule has 0 atom stereocenters. The number of tetrazole rings is 1. The minimum Gasteiger partial charge on any atom is -0.316 e. The molecule has 102 valence electrons. The van der Waals surface area contributed by atoms with Crippen LogP contribution >= 0.6 is 23.1 Å². The highest BCUT2D eigenvalue weighted by atomic mass is 32.2. The van der Waals surface area contributed by atoms with Crippen molar-refractivity contribution in [1.82, 2.24) is 20.2 Å². The van der Waals surface area contributed by atoms with Gasteiger partial charge in [0.15, 0.2) is 0 Å². The van der Waals surface area contributed by atoms with Crippen molar-refractivity contribution in [1.29, 1.82) is 5.26 Å². The first-order valence-corrected chi connectivity index (χ1v) is 7.82. The number of rotatable bonds is 5. The van der Waals surface area contributed by atoms with E-state index in [0.717, 1.165) is 12.8 Å². The molecule has 7 nitrogen and oxygen atoms in total. The van der Waals surface area contributed by atoms with Crippen molar-refractivity contribution in [3.05, 3.63) is 17.0 Å². The zero-order chi connectivity index (χ0) is 13.9. The molecule has 1 aliphatic rings. The molecule has 0 aliphatic heterocycles. The summed E-state index contributed by atoms with van der Waals surface area (Å²) in [5, 5.41) is 26.1. The number of nitriles is 1. The molecule has 0 spiro atoms. The van der Waals surface area contributed by atoms with Crippen LogP contribution in [0.3, 0.4) is 0 Å². The largest absolute Gasteiger partial charge is 0.316 e. The Morgan fingerprint density at radius 1 is 1.65 bits per heavy atom. The van der Waals surface area contributed by atoms with Gasteiger partial charge in [0.2, 0.25) is 11.1 Å². The number of thioether (sulfide) groups is 1. The predicted octanol–water partition coefficient (Wildman–Crippen LogP) is 1.67. The fourth-order valence-corrected chi connectivity index (χ4v) is 3.11. The summed E-state index contributed by atoms with van der Waals surface area (Å²) in [7, 11) is 0. The van der Waals surface area contributed by atoms with Gasteiger partial charge in [0.1, 0.15) is 11.1 Å². The van der Waals surface area contributed by atoms with Gasteiger partial charge < -0.3 is 5.32 Å². The van der Waals surface area contributed by atoms with Crippen LogP contribution in [0.4, 0.5) is 5.00 Å². The Hall–Kier alpha value is -1.92. The van der Waals surface area contributed by atoms with Crippen molar-refractivity contribution >= 4 is 34.0 Å². The average molecular weight is 306 g/mol. The van der Waals surface area contributed by atoms with Crippen LogP contribution in [0.25, 0.3) is 0 Å². The molecule has 0 unspecified atom stereocenters. The molecular weight excluding hydrogens is 296 g/mol. The lowest BCUT2D eigenvalue weighted by atomic mass is 10.3. The number of hydrogen-bond acceptors (Lipinski definition) is 7. The molecule has 1 aliphatic carbocycles. The monoisotopic (exact) mass is 306 g/mol. The Morgan fingerprint density at radius 2 is 2.50 bits per heavy atom. The van der Waals surface area contributed by atoms with E-state index in [0.29, 0.717) is 21.8 Å². The molecule has 1 amide bonds. The van der Waals surface area contributed by atoms with Gasteiger partial charge in [0.25, 0.3) is 0 Å². The van der Waals surface area contributed by atoms with Gasteiger partial charge in [-0.2, -0.15) is 5.26 Å². The van der Waals surface area contributed by atoms with Crippen LogP contribution in [0.15, 0.2) is 16.6 Å². The van der Waals surface area contributed by atoms with Crippen molar-refractivity contribution in [2.24, 2.45) is 0 Å². The van der Waals surface area contributed by atoms with Gasteiger partial charge in [0.05, 0.1) is 17.4 Å². The molecule has 1 N–H and O–H groups in total. The van der Waals surface area contributed by atoms with Crippen LogP contribution in [-0.4, -0.2) is 31.9 Å². The number of carbonyl (C=O) groups excluding carboxylic acids is 1. The number of nitrogens with zero attached hydrogens (tertiary/aromatic N) is 5. The fraction of sp³-hybridized carbons (Fsp3) is 0.364. The number of nitrogens with one attached hydrogen (secondary N) is 1. The lowest BCUT2D eigenvalue weighted by Crippen LogP contribution is -2.14. The standard InChI is InChI=1S/C11H10N6OS2/c12-5-7-3-4-19-10(7)13-9(18)6-20-11-14-15-16-17(11)8-1-2-8/h3-4,8H,1-2,6H2,(H,13,18). The summed E-state index contributed by atoms with van der Waals surface area (Å²) in [6, 6.07) is 4.10. The van der Waals surface area contributed by atoms with Gasteiger partial charge in [-0.15, -0.1) is 16.4 Å². The molecule has 0 radical (unpaired) electrons. The smallest absolute Gasteiger partial charge is 0.235 e. The molecular formula is C11H10N6OS2. The quantitative estimate of drug-likeness (QED) is 0.844. The minimum atomic E-state index is -0.167. The maximum absolute atomic E-state index is 11.9. The van der Waals surface area contributed by atoms with E-state index in [9.17, 15) is 4.79 Å². The molecule has 0 bridgehead atoms. The molecule has 0 aromatic carbocycles. The summed E-state index contributed by atoms with van der Waals surface area (Å²) in [6.07, 6.45) is 2.18. The van der Waals surface area contributed by atoms with E-state index in [1.54, 1.807) is 16.1 Å². The normalized spacial score (nSPS) is 13.9. The number of hydrogen-bond donors (Lipinski definition) is 1. The van der Waals surface area contributed by atoms with Crippen molar-refractivity contribution in [3.63, 3.8) is 0 Å². The van der Waals surface area contributed by atoms with Crippen LogP contribution < -0.4 is 5.32 Å². The third-order valence-electron chi connectivity index (χ3n) is 2.73. The molecule has 0 saturated heterocycles. The fourth-order valence-electron chi connectivity index (χ4n) is 1.62. The van der Waals surface area contributed by atoms with Gasteiger partial charge in [0, 0.05) is 0 Å². The second-order valence-electron chi connectivity index (χ2n) is 4.25. The van der Waals surface area contributed by atoms with Crippen molar-refractivity contribution < 1.29 is 4.79 Å². The summed E-state index contributed by atoms with van der Waals surface area (Å²) in [5.41, 5.74) is 0.483. The zero-order valence-corrected chi connectivity index (χ0v) is 11.9. The number of amides is 1. The van der Waals surface area contributed by atoms with E-state index in [-0.39, 0.29) is 11.7 Å². The summed E-state index contributed by atoms with van der Waals surface area (Å²) in [6.45, 7) is 0. The lowest BCUT2D eigenvalue weighted by molar-refractivity contribution is -0.113. The van der Waals surface area contributed by atoms with E-state index in [4.69, 9.17) is 5.26 Å². The first-order valence-electron chi connectivity index (χ1n) is 5.96. The molecule has 20 heavy (non-hydrogen) atoms. The second kappa shape index (κ2) is 5.60. The Balaban J connectivity index is 1.57. The van der Waals surface area contributed by atoms with Gasteiger partial charge in [-0.1, -0.05) is 11.8 Å². The van der Waals surface area contributed by atoms with Crippen molar-refractivity contribution in [2.45, 2.75) is 24.0 Å². The summed E-state index contributed by atoms with van der Waals surface area (Å²) < 4.78 is 1.77. The van der Waals surface area contributed by atoms with Crippen molar-refractivity contribution in [3.8, 4) is 6.07 Å². The number of carbonyl (C=O) groups is 1. The molecule has 2 aromatic rings. The first-order chi connectivity index (χ1) is 9.78. The Labute approximate surface area is 123 Å². The van der Waals surface area contributed by atoms with Crippen LogP contribution in [-0.2, 0) is 4.79 Å². The predicted molar refractivity (Wildman–Crippen MR) is 74.5 cm³/mol. The van der Waals surface area contributed by atoms with Crippen LogP contribution in [0.5, 0.6) is 0 Å². The summed E-state index contributed by atoms with van der Waals surface area (Å²) >= 11 is 2.64. The number of thiophene rings is 1. The maximum Gasteiger partial charge on any atom is 0.235 e. The third kappa shape index (κ3) is 2.81. The Kier molecular flexibility index (Phi) is 3.66. The van der Waals surface area contributed by atoms with Crippen molar-refractivity contribution in [2.75, 3.05) is 11.1 Å². The molecule has 3 rings (SSSR count). The number of anilines is 1. The van der Waals surface area contributed by atoms with E-state index < -0.39 is 0 Å². The van der Waals surface area contributed by atoms with Gasteiger partial charge >= 0.3 is 0 Å². The zero-order valence-electron chi connectivity index (χ0n) is 10.3. The Bertz CT molecular complexity index is 669. The van der Waals surface area contributed by atoms with E-state index in [2.05, 4.69) is 20.8 Å². The average Bonchev–Trinajstić information content (AvgIpc) is 3.01. The Morgan fingerprint density at radius 3 is 3.25 bits per heavy atom. The summed E-state index contributed by atoms with van der Waals surface area (Å²) in [5.74, 6) is 0.0508. The second-order valence-corrected chi connectivity index (χ2v) is 6.11. The van der Waals surface area contributed by atoms with Gasteiger partial charge in [-0.25, -0.2) is 4.68 Å². The maximum atomic E-state index is 11.9. The van der Waals surface area contributed by atoms with Gasteiger partial charge in [-0.05, 0) is 34.7 Å². The molecule has 2 heterocycles. The molecule has 1 saturated carbocycles.